The third kappa shape index (κ3) is 4.99. The van der Waals surface area contributed by atoms with Crippen LogP contribution in [0, 0.1) is 0 Å². The zero-order chi connectivity index (χ0) is 21.0. The molecule has 8 heteroatoms. The van der Waals surface area contributed by atoms with Crippen molar-refractivity contribution in [1.82, 2.24) is 5.32 Å². The predicted octanol–water partition coefficient (Wildman–Crippen LogP) is 4.61. The van der Waals surface area contributed by atoms with Crippen molar-refractivity contribution in [2.24, 2.45) is 0 Å². The van der Waals surface area contributed by atoms with Crippen LogP contribution in [-0.4, -0.2) is 35.7 Å². The summed E-state index contributed by atoms with van der Waals surface area (Å²) in [5.74, 6) is -0.543. The van der Waals surface area contributed by atoms with E-state index in [4.69, 9.17) is 21.1 Å². The number of benzene rings is 2. The molecule has 1 heterocycles. The molecule has 3 rings (SSSR count). The zero-order valence-electron chi connectivity index (χ0n) is 15.9. The third-order valence-corrected chi connectivity index (χ3v) is 5.48. The first-order valence-electron chi connectivity index (χ1n) is 8.86. The molecule has 0 spiro atoms. The molecule has 1 aromatic heterocycles. The number of hydrogen-bond donors (Lipinski definition) is 2. The molecule has 152 valence electrons. The Labute approximate surface area is 177 Å². The minimum absolute atomic E-state index is 0.214. The highest BCUT2D eigenvalue weighted by atomic mass is 35.5. The number of fused-ring (bicyclic) bond motifs is 1. The monoisotopic (exact) mass is 433 g/mol. The second-order valence-electron chi connectivity index (χ2n) is 6.80. The number of hydrogen-bond acceptors (Lipinski definition) is 5. The van der Waals surface area contributed by atoms with Crippen LogP contribution in [0.2, 0.25) is 5.02 Å². The second kappa shape index (κ2) is 8.71. The average molecular weight is 434 g/mol. The quantitative estimate of drug-likeness (QED) is 0.507. The molecule has 0 atom stereocenters. The maximum Gasteiger partial charge on any atom is 0.328 e. The molecule has 0 aliphatic carbocycles. The van der Waals surface area contributed by atoms with Gasteiger partial charge in [0.25, 0.3) is 5.91 Å². The van der Waals surface area contributed by atoms with Crippen LogP contribution >= 0.6 is 22.9 Å². The molecule has 0 saturated carbocycles. The molecule has 0 fully saturated rings. The second-order valence-corrected chi connectivity index (χ2v) is 8.28. The van der Waals surface area contributed by atoms with Gasteiger partial charge in [0.1, 0.15) is 29.4 Å². The van der Waals surface area contributed by atoms with E-state index in [2.05, 4.69) is 5.32 Å². The van der Waals surface area contributed by atoms with E-state index < -0.39 is 17.4 Å². The van der Waals surface area contributed by atoms with E-state index in [1.165, 1.54) is 25.2 Å². The van der Waals surface area contributed by atoms with Gasteiger partial charge in [-0.1, -0.05) is 29.8 Å². The summed E-state index contributed by atoms with van der Waals surface area (Å²) in [6.45, 7) is 3.35. The van der Waals surface area contributed by atoms with Gasteiger partial charge in [-0.15, -0.1) is 11.3 Å². The van der Waals surface area contributed by atoms with Gasteiger partial charge in [-0.25, -0.2) is 4.79 Å². The number of aliphatic carboxylic acids is 1. The molecule has 2 aromatic carbocycles. The van der Waals surface area contributed by atoms with E-state index in [1.54, 1.807) is 18.2 Å². The molecule has 29 heavy (non-hydrogen) atoms. The molecule has 0 unspecified atom stereocenters. The first kappa shape index (κ1) is 21.0. The van der Waals surface area contributed by atoms with Crippen molar-refractivity contribution < 1.29 is 24.2 Å². The summed E-state index contributed by atoms with van der Waals surface area (Å²) in [5, 5.41) is 13.1. The molecule has 1 amide bonds. The molecule has 0 aliphatic rings. The highest BCUT2D eigenvalue weighted by Crippen LogP contribution is 2.39. The van der Waals surface area contributed by atoms with E-state index in [-0.39, 0.29) is 18.1 Å². The van der Waals surface area contributed by atoms with Crippen molar-refractivity contribution >= 4 is 44.9 Å². The Balaban J connectivity index is 1.81. The van der Waals surface area contributed by atoms with Crippen molar-refractivity contribution in [2.45, 2.75) is 19.4 Å². The van der Waals surface area contributed by atoms with Crippen LogP contribution < -0.4 is 14.8 Å². The van der Waals surface area contributed by atoms with Crippen molar-refractivity contribution in [2.75, 3.05) is 13.2 Å². The summed E-state index contributed by atoms with van der Waals surface area (Å²) >= 11 is 7.27. The van der Waals surface area contributed by atoms with Gasteiger partial charge in [-0.3, -0.25) is 4.79 Å². The lowest BCUT2D eigenvalue weighted by Gasteiger charge is -2.20. The lowest BCUT2D eigenvalue weighted by Crippen LogP contribution is -2.49. The fraction of sp³-hybridized carbons (Fsp3) is 0.238. The molecule has 6 nitrogen and oxygen atoms in total. The maximum atomic E-state index is 12.8. The van der Waals surface area contributed by atoms with E-state index in [0.717, 1.165) is 15.8 Å². The highest BCUT2D eigenvalue weighted by Gasteiger charge is 2.31. The number of rotatable bonds is 8. The standard InChI is InChI=1S/C21H20ClNO5S/c1-21(2,20(25)26)23-19(24)18-17(15-9-8-13(22)12-16(15)29-18)28-11-10-27-14-6-4-3-5-7-14/h3-9,12H,10-11H2,1-2H3,(H,23,24)(H,25,26). The summed E-state index contributed by atoms with van der Waals surface area (Å²) in [4.78, 5) is 24.4. The number of para-hydroxylation sites is 1. The molecular formula is C21H20ClNO5S. The fourth-order valence-electron chi connectivity index (χ4n) is 2.55. The number of amides is 1. The highest BCUT2D eigenvalue weighted by molar-refractivity contribution is 7.21. The Morgan fingerprint density at radius 3 is 2.48 bits per heavy atom. The zero-order valence-corrected chi connectivity index (χ0v) is 17.5. The summed E-state index contributed by atoms with van der Waals surface area (Å²) in [5.41, 5.74) is -1.42. The number of nitrogens with one attached hydrogen (secondary N) is 1. The lowest BCUT2D eigenvalue weighted by molar-refractivity contribution is -0.143. The smallest absolute Gasteiger partial charge is 0.328 e. The molecule has 0 aliphatic heterocycles. The Kier molecular flexibility index (Phi) is 6.30. The van der Waals surface area contributed by atoms with Crippen LogP contribution in [0.5, 0.6) is 11.5 Å². The van der Waals surface area contributed by atoms with Gasteiger partial charge in [0.2, 0.25) is 0 Å². The van der Waals surface area contributed by atoms with Gasteiger partial charge in [0.05, 0.1) is 0 Å². The van der Waals surface area contributed by atoms with Gasteiger partial charge >= 0.3 is 5.97 Å². The fourth-order valence-corrected chi connectivity index (χ4v) is 3.87. The molecule has 0 radical (unpaired) electrons. The van der Waals surface area contributed by atoms with Gasteiger partial charge in [-0.2, -0.15) is 0 Å². The number of carboxylic acid groups (broad SMARTS) is 1. The normalized spacial score (nSPS) is 11.3. The lowest BCUT2D eigenvalue weighted by atomic mass is 10.1. The Morgan fingerprint density at radius 2 is 1.79 bits per heavy atom. The van der Waals surface area contributed by atoms with Gasteiger partial charge in [0, 0.05) is 15.1 Å². The first-order chi connectivity index (χ1) is 13.8. The van der Waals surface area contributed by atoms with E-state index in [9.17, 15) is 14.7 Å². The maximum absolute atomic E-state index is 12.8. The number of carbonyl (C=O) groups is 2. The van der Waals surface area contributed by atoms with Crippen molar-refractivity contribution in [3.63, 3.8) is 0 Å². The summed E-state index contributed by atoms with van der Waals surface area (Å²) < 4.78 is 12.3. The summed E-state index contributed by atoms with van der Waals surface area (Å²) in [6, 6.07) is 14.6. The molecular weight excluding hydrogens is 414 g/mol. The van der Waals surface area contributed by atoms with Crippen LogP contribution in [0.3, 0.4) is 0 Å². The SMILES string of the molecule is CC(C)(NC(=O)c1sc2cc(Cl)ccc2c1OCCOc1ccccc1)C(=O)O. The van der Waals surface area contributed by atoms with Gasteiger partial charge in [0.15, 0.2) is 5.75 Å². The van der Waals surface area contributed by atoms with Crippen LogP contribution in [0.1, 0.15) is 23.5 Å². The number of carboxylic acids is 1. The number of halogens is 1. The Bertz CT molecular complexity index is 1030. The van der Waals surface area contributed by atoms with Crippen LogP contribution in [-0.2, 0) is 4.79 Å². The van der Waals surface area contributed by atoms with Crippen molar-refractivity contribution in [3.8, 4) is 11.5 Å². The minimum atomic E-state index is -1.42. The largest absolute Gasteiger partial charge is 0.490 e. The first-order valence-corrected chi connectivity index (χ1v) is 10.1. The Hall–Kier alpha value is -2.77. The average Bonchev–Trinajstić information content (AvgIpc) is 3.03. The predicted molar refractivity (Wildman–Crippen MR) is 113 cm³/mol. The van der Waals surface area contributed by atoms with E-state index in [0.29, 0.717) is 10.8 Å². The van der Waals surface area contributed by atoms with E-state index >= 15 is 0 Å². The molecule has 0 bridgehead atoms. The van der Waals surface area contributed by atoms with Crippen LogP contribution in [0.25, 0.3) is 10.1 Å². The van der Waals surface area contributed by atoms with E-state index in [1.807, 2.05) is 30.3 Å². The molecule has 0 saturated heterocycles. The molecule has 2 N–H and O–H groups in total. The Morgan fingerprint density at radius 1 is 1.10 bits per heavy atom. The molecule has 3 aromatic rings. The number of thiophene rings is 1. The van der Waals surface area contributed by atoms with Gasteiger partial charge < -0.3 is 19.9 Å². The minimum Gasteiger partial charge on any atom is -0.490 e. The van der Waals surface area contributed by atoms with Crippen LogP contribution in [0.15, 0.2) is 48.5 Å². The van der Waals surface area contributed by atoms with Crippen LogP contribution in [0.4, 0.5) is 0 Å². The number of carbonyl (C=O) groups excluding carboxylic acids is 1. The van der Waals surface area contributed by atoms with Crippen molar-refractivity contribution in [1.29, 1.82) is 0 Å². The number of ether oxygens (including phenoxy) is 2. The summed E-state index contributed by atoms with van der Waals surface area (Å²) in [7, 11) is 0. The summed E-state index contributed by atoms with van der Waals surface area (Å²) in [6.07, 6.45) is 0. The van der Waals surface area contributed by atoms with Crippen molar-refractivity contribution in [3.05, 3.63) is 58.4 Å². The topological polar surface area (TPSA) is 84.9 Å². The third-order valence-electron chi connectivity index (χ3n) is 4.12. The van der Waals surface area contributed by atoms with Gasteiger partial charge in [-0.05, 0) is 44.2 Å².